The number of rotatable bonds is 9. The highest BCUT2D eigenvalue weighted by Gasteiger charge is 2.23. The molecule has 0 radical (unpaired) electrons. The van der Waals surface area contributed by atoms with Crippen molar-refractivity contribution in [3.05, 3.63) is 60.2 Å². The third kappa shape index (κ3) is 29.1. The molecule has 0 spiro atoms. The average Bonchev–Trinajstić information content (AvgIpc) is 3.75. The molecule has 15 heteroatoms. The number of nitrogens with two attached hydrogens (primary N) is 1. The number of carbonyl (C=O) groups is 4. The largest absolute Gasteiger partial charge is 0.372 e. The second-order valence-corrected chi connectivity index (χ2v) is 10.1. The van der Waals surface area contributed by atoms with Gasteiger partial charge in [0.15, 0.2) is 0 Å². The molecular weight excluding hydrogens is 632 g/mol. The Balaban J connectivity index is -0.000000444. The van der Waals surface area contributed by atoms with Crippen molar-refractivity contribution in [3.8, 4) is 0 Å². The molecule has 1 saturated heterocycles. The summed E-state index contributed by atoms with van der Waals surface area (Å²) < 4.78 is 4.88. The topological polar surface area (TPSA) is 160 Å². The van der Waals surface area contributed by atoms with Crippen LogP contribution in [0.25, 0.3) is 0 Å². The molecule has 4 unspecified atom stereocenters. The molecule has 1 aromatic carbocycles. The average molecular weight is 668 g/mol. The third-order valence-electron chi connectivity index (χ3n) is 3.67. The van der Waals surface area contributed by atoms with Gasteiger partial charge in [0, 0.05) is 24.7 Å². The van der Waals surface area contributed by atoms with Gasteiger partial charge in [-0.15, -0.1) is 48.0 Å². The van der Waals surface area contributed by atoms with Gasteiger partial charge < -0.3 is 21.1 Å². The molecule has 1 aromatic rings. The highest BCUT2D eigenvalue weighted by Crippen LogP contribution is 2.11. The molecule has 0 aromatic heterocycles. The predicted octanol–water partition coefficient (Wildman–Crippen LogP) is 4.52. The Labute approximate surface area is 260 Å². The van der Waals surface area contributed by atoms with E-state index >= 15 is 0 Å². The fourth-order valence-corrected chi connectivity index (χ4v) is 1.87. The van der Waals surface area contributed by atoms with Gasteiger partial charge >= 0.3 is 5.97 Å². The number of nitrogens with one attached hydrogen (secondary N) is 2. The summed E-state index contributed by atoms with van der Waals surface area (Å²) in [6.07, 6.45) is 3.50. The Bertz CT molecular complexity index is 899. The van der Waals surface area contributed by atoms with E-state index in [1.165, 1.54) is 19.1 Å². The number of hydrogen-bond acceptors (Lipinski definition) is 8. The molecule has 228 valence electrons. The van der Waals surface area contributed by atoms with Gasteiger partial charge in [-0.2, -0.15) is 5.26 Å². The standard InChI is InChI=1S/C7H5ClO3.C6H10ClNO2.C6H10ClNO.C3H4Cl2O.C3H7N/c8-6-3-1-2-5(4-6)7(9)11-10;1-4(7)6(9)8-2-5-3-10-5;1-3-4-8-6(9)5(2)7;1-2(4)3(5)6;1-2-3-4/h1-4,10H;4-5H,2-3H2,1H3,(H,8,9);3,5H,1,4H2,2H3,(H,8,9);2H,1H3;2H,1,3-4H2. The SMILES string of the molecule is C=CCN.C=CCNC(=O)C(C)Cl.CC(Cl)C(=O)Cl.CC(Cl)C(=O)NCC1CO1.O=C(OO)c1cccc(Cl)c1. The van der Waals surface area contributed by atoms with Crippen LogP contribution in [-0.4, -0.2) is 76.8 Å². The molecular formula is C25H36Cl5N3O7. The zero-order chi connectivity index (χ0) is 31.7. The first-order valence-corrected chi connectivity index (χ1v) is 13.6. The maximum atomic E-state index is 10.8. The van der Waals surface area contributed by atoms with Gasteiger partial charge in [-0.3, -0.25) is 19.3 Å². The fourth-order valence-electron chi connectivity index (χ4n) is 1.52. The fraction of sp³-hybridized carbons (Fsp3) is 0.440. The van der Waals surface area contributed by atoms with Crippen molar-refractivity contribution in [2.45, 2.75) is 43.0 Å². The summed E-state index contributed by atoms with van der Waals surface area (Å²) in [6, 6.07) is 6.11. The second-order valence-electron chi connectivity index (χ2n) is 7.30. The van der Waals surface area contributed by atoms with E-state index in [-0.39, 0.29) is 23.5 Å². The lowest BCUT2D eigenvalue weighted by molar-refractivity contribution is -0.182. The number of benzene rings is 1. The Morgan fingerprint density at radius 1 is 1.07 bits per heavy atom. The van der Waals surface area contributed by atoms with Gasteiger partial charge in [-0.05, 0) is 50.6 Å². The summed E-state index contributed by atoms with van der Waals surface area (Å²) in [7, 11) is 0. The second kappa shape index (κ2) is 27.3. The van der Waals surface area contributed by atoms with Gasteiger partial charge in [0.1, 0.15) is 16.1 Å². The molecule has 0 saturated carbocycles. The van der Waals surface area contributed by atoms with E-state index < -0.39 is 27.3 Å². The molecule has 2 rings (SSSR count). The van der Waals surface area contributed by atoms with Gasteiger partial charge in [0.25, 0.3) is 0 Å². The van der Waals surface area contributed by atoms with Crippen molar-refractivity contribution >= 4 is 81.0 Å². The molecule has 40 heavy (non-hydrogen) atoms. The van der Waals surface area contributed by atoms with Crippen molar-refractivity contribution in [3.63, 3.8) is 0 Å². The van der Waals surface area contributed by atoms with Crippen molar-refractivity contribution in [2.24, 2.45) is 5.73 Å². The molecule has 4 atom stereocenters. The molecule has 0 aliphatic carbocycles. The molecule has 5 N–H and O–H groups in total. The summed E-state index contributed by atoms with van der Waals surface area (Å²) in [5, 5.41) is 11.6. The quantitative estimate of drug-likeness (QED) is 0.0747. The van der Waals surface area contributed by atoms with Gasteiger partial charge in [-0.1, -0.05) is 29.8 Å². The predicted molar refractivity (Wildman–Crippen MR) is 162 cm³/mol. The number of halogens is 5. The molecule has 0 bridgehead atoms. The lowest BCUT2D eigenvalue weighted by atomic mass is 10.2. The van der Waals surface area contributed by atoms with Crippen LogP contribution in [0.3, 0.4) is 0 Å². The van der Waals surface area contributed by atoms with Crippen LogP contribution < -0.4 is 16.4 Å². The van der Waals surface area contributed by atoms with E-state index in [4.69, 9.17) is 73.7 Å². The Morgan fingerprint density at radius 2 is 1.55 bits per heavy atom. The number of epoxide rings is 1. The Kier molecular flexibility index (Phi) is 29.0. The minimum atomic E-state index is -0.813. The minimum Gasteiger partial charge on any atom is -0.371 e. The maximum Gasteiger partial charge on any atom is 0.372 e. The maximum absolute atomic E-state index is 10.8. The van der Waals surface area contributed by atoms with E-state index in [0.717, 1.165) is 6.61 Å². The van der Waals surface area contributed by atoms with Crippen LogP contribution in [-0.2, 0) is 24.0 Å². The number of hydrogen-bond donors (Lipinski definition) is 4. The van der Waals surface area contributed by atoms with E-state index in [1.54, 1.807) is 38.1 Å². The van der Waals surface area contributed by atoms with Crippen LogP contribution in [0.5, 0.6) is 0 Å². The number of amides is 2. The van der Waals surface area contributed by atoms with Crippen LogP contribution in [0, 0.1) is 0 Å². The summed E-state index contributed by atoms with van der Waals surface area (Å²) in [5.74, 6) is -1.10. The van der Waals surface area contributed by atoms with Crippen LogP contribution in [0.2, 0.25) is 5.02 Å². The highest BCUT2D eigenvalue weighted by atomic mass is 35.5. The Hall–Kier alpha value is -1.89. The number of carbonyl (C=O) groups excluding carboxylic acids is 4. The van der Waals surface area contributed by atoms with Crippen LogP contribution in [0.15, 0.2) is 49.6 Å². The highest BCUT2D eigenvalue weighted by molar-refractivity contribution is 6.69. The molecule has 2 amide bonds. The summed E-state index contributed by atoms with van der Waals surface area (Å²) in [5.41, 5.74) is 5.13. The number of alkyl halides is 3. The third-order valence-corrected chi connectivity index (χ3v) is 4.94. The first kappa shape index (κ1) is 42.6. The van der Waals surface area contributed by atoms with Gasteiger partial charge in [-0.25, -0.2) is 4.79 Å². The van der Waals surface area contributed by atoms with Gasteiger partial charge in [0.05, 0.1) is 18.3 Å². The molecule has 10 nitrogen and oxygen atoms in total. The Morgan fingerprint density at radius 3 is 1.88 bits per heavy atom. The summed E-state index contributed by atoms with van der Waals surface area (Å²) >= 11 is 26.4. The smallest absolute Gasteiger partial charge is 0.371 e. The minimum absolute atomic E-state index is 0.128. The van der Waals surface area contributed by atoms with Crippen LogP contribution >= 0.6 is 58.0 Å². The van der Waals surface area contributed by atoms with Crippen molar-refractivity contribution in [2.75, 3.05) is 26.2 Å². The first-order valence-electron chi connectivity index (χ1n) is 11.5. The lowest BCUT2D eigenvalue weighted by Gasteiger charge is -2.02. The van der Waals surface area contributed by atoms with E-state index in [0.29, 0.717) is 24.7 Å². The van der Waals surface area contributed by atoms with Crippen LogP contribution in [0.4, 0.5) is 0 Å². The lowest BCUT2D eigenvalue weighted by Crippen LogP contribution is -2.32. The van der Waals surface area contributed by atoms with Crippen molar-refractivity contribution < 1.29 is 34.1 Å². The molecule has 1 fully saturated rings. The number of ether oxygens (including phenoxy) is 1. The monoisotopic (exact) mass is 665 g/mol. The zero-order valence-corrected chi connectivity index (χ0v) is 26.2. The first-order chi connectivity index (χ1) is 18.7. The summed E-state index contributed by atoms with van der Waals surface area (Å²) in [4.78, 5) is 45.3. The van der Waals surface area contributed by atoms with Crippen LogP contribution in [0.1, 0.15) is 31.1 Å². The van der Waals surface area contributed by atoms with Crippen molar-refractivity contribution in [1.82, 2.24) is 10.6 Å². The normalized spacial score (nSPS) is 14.4. The molecule has 1 aliphatic rings. The van der Waals surface area contributed by atoms with E-state index in [2.05, 4.69) is 28.7 Å². The van der Waals surface area contributed by atoms with Gasteiger partial charge in [0.2, 0.25) is 17.1 Å². The van der Waals surface area contributed by atoms with E-state index in [9.17, 15) is 19.2 Å². The zero-order valence-electron chi connectivity index (χ0n) is 22.4. The molecule has 1 heterocycles. The van der Waals surface area contributed by atoms with E-state index in [1.807, 2.05) is 0 Å². The van der Waals surface area contributed by atoms with Crippen molar-refractivity contribution in [1.29, 1.82) is 0 Å². The summed E-state index contributed by atoms with van der Waals surface area (Å²) in [6.45, 7) is 14.0. The molecule has 1 aliphatic heterocycles.